The molecule has 0 bridgehead atoms. The number of carbonyl (C=O) groups excluding carboxylic acids is 2. The fourth-order valence-electron chi connectivity index (χ4n) is 1.26. The van der Waals surface area contributed by atoms with Crippen LogP contribution in [0, 0.1) is 0 Å². The van der Waals surface area contributed by atoms with E-state index in [9.17, 15) is 9.59 Å². The highest BCUT2D eigenvalue weighted by atomic mass is 79.9. The molecule has 1 amide bonds. The maximum Gasteiger partial charge on any atom is 0.340 e. The van der Waals surface area contributed by atoms with Gasteiger partial charge in [-0.15, -0.1) is 11.6 Å². The van der Waals surface area contributed by atoms with E-state index in [-0.39, 0.29) is 23.8 Å². The van der Waals surface area contributed by atoms with Crippen molar-refractivity contribution in [2.24, 2.45) is 0 Å². The number of benzene rings is 1. The van der Waals surface area contributed by atoms with Gasteiger partial charge in [0.15, 0.2) is 0 Å². The van der Waals surface area contributed by atoms with E-state index in [2.05, 4.69) is 41.9 Å². The molecule has 0 aromatic heterocycles. The zero-order valence-electron chi connectivity index (χ0n) is 9.43. The predicted molar refractivity (Wildman–Crippen MR) is 77.1 cm³/mol. The highest BCUT2D eigenvalue weighted by Crippen LogP contribution is 2.31. The van der Waals surface area contributed by atoms with Gasteiger partial charge >= 0.3 is 5.97 Å². The zero-order valence-corrected chi connectivity index (χ0v) is 13.4. The summed E-state index contributed by atoms with van der Waals surface area (Å²) in [5.74, 6) is -0.579. The average Bonchev–Trinajstić information content (AvgIpc) is 2.31. The molecule has 0 aliphatic heterocycles. The van der Waals surface area contributed by atoms with Gasteiger partial charge in [-0.3, -0.25) is 4.79 Å². The molecule has 0 atom stereocenters. The maximum atomic E-state index is 11.6. The number of nitrogens with one attached hydrogen (secondary N) is 1. The fourth-order valence-corrected chi connectivity index (χ4v) is 2.76. The number of methoxy groups -OCH3 is 1. The van der Waals surface area contributed by atoms with Crippen molar-refractivity contribution in [3.05, 3.63) is 26.6 Å². The van der Waals surface area contributed by atoms with Crippen molar-refractivity contribution in [1.29, 1.82) is 0 Å². The van der Waals surface area contributed by atoms with Gasteiger partial charge in [0.25, 0.3) is 0 Å². The highest BCUT2D eigenvalue weighted by Gasteiger charge is 2.17. The molecule has 98 valence electrons. The van der Waals surface area contributed by atoms with Gasteiger partial charge in [0.05, 0.1) is 18.4 Å². The van der Waals surface area contributed by atoms with E-state index in [0.717, 1.165) is 0 Å². The summed E-state index contributed by atoms with van der Waals surface area (Å²) in [5, 5.41) is 2.63. The number of amides is 1. The van der Waals surface area contributed by atoms with Crippen LogP contribution in [0.2, 0.25) is 0 Å². The number of esters is 1. The van der Waals surface area contributed by atoms with Crippen molar-refractivity contribution < 1.29 is 14.3 Å². The molecular weight excluding hydrogens is 389 g/mol. The topological polar surface area (TPSA) is 55.4 Å². The summed E-state index contributed by atoms with van der Waals surface area (Å²) in [6.07, 6.45) is 0.171. The van der Waals surface area contributed by atoms with Crippen LogP contribution < -0.4 is 5.32 Å². The second-order valence-corrected chi connectivity index (χ2v) is 5.44. The molecule has 1 aromatic carbocycles. The third kappa shape index (κ3) is 3.96. The molecule has 0 aliphatic rings. The third-order valence-corrected chi connectivity index (χ3v) is 3.32. The van der Waals surface area contributed by atoms with Crippen LogP contribution in [0.1, 0.15) is 16.8 Å². The Bertz CT molecular complexity index is 480. The molecule has 0 heterocycles. The van der Waals surface area contributed by atoms with Crippen molar-refractivity contribution in [2.75, 3.05) is 18.3 Å². The number of anilines is 1. The van der Waals surface area contributed by atoms with Crippen LogP contribution in [0.4, 0.5) is 5.69 Å². The molecule has 1 rings (SSSR count). The summed E-state index contributed by atoms with van der Waals surface area (Å²) in [7, 11) is 1.28. The smallest absolute Gasteiger partial charge is 0.340 e. The van der Waals surface area contributed by atoms with Crippen molar-refractivity contribution in [3.63, 3.8) is 0 Å². The number of hydrogen-bond acceptors (Lipinski definition) is 3. The lowest BCUT2D eigenvalue weighted by atomic mass is 10.1. The molecular formula is C11H10Br2ClNO3. The Morgan fingerprint density at radius 3 is 2.61 bits per heavy atom. The Labute approximate surface area is 126 Å². The minimum atomic E-state index is -0.529. The molecule has 4 nitrogen and oxygen atoms in total. The predicted octanol–water partition coefficient (Wildman–Crippen LogP) is 3.57. The SMILES string of the molecule is COC(=O)c1cc(Br)cc(Br)c1NC(=O)CCCl. The maximum absolute atomic E-state index is 11.6. The van der Waals surface area contributed by atoms with Crippen LogP contribution in [0.3, 0.4) is 0 Å². The first kappa shape index (κ1) is 15.5. The van der Waals surface area contributed by atoms with Gasteiger partial charge in [0.2, 0.25) is 5.91 Å². The highest BCUT2D eigenvalue weighted by molar-refractivity contribution is 9.11. The third-order valence-electron chi connectivity index (χ3n) is 2.05. The van der Waals surface area contributed by atoms with Crippen LogP contribution in [-0.4, -0.2) is 24.9 Å². The summed E-state index contributed by atoms with van der Waals surface area (Å²) >= 11 is 12.0. The molecule has 1 aromatic rings. The Hall–Kier alpha value is -0.590. The molecule has 0 unspecified atom stereocenters. The summed E-state index contributed by atoms with van der Waals surface area (Å²) in [5.41, 5.74) is 0.641. The van der Waals surface area contributed by atoms with Gasteiger partial charge in [-0.25, -0.2) is 4.79 Å². The van der Waals surface area contributed by atoms with Gasteiger partial charge in [0.1, 0.15) is 0 Å². The average molecular weight is 399 g/mol. The van der Waals surface area contributed by atoms with Crippen molar-refractivity contribution in [1.82, 2.24) is 0 Å². The number of halogens is 3. The number of alkyl halides is 1. The summed E-state index contributed by atoms with van der Waals surface area (Å²) in [6.45, 7) is 0. The molecule has 7 heteroatoms. The van der Waals surface area contributed by atoms with Crippen LogP contribution >= 0.6 is 43.5 Å². The molecule has 0 spiro atoms. The minimum absolute atomic E-state index is 0.171. The second-order valence-electron chi connectivity index (χ2n) is 3.29. The van der Waals surface area contributed by atoms with Crippen LogP contribution in [0.5, 0.6) is 0 Å². The first-order valence-electron chi connectivity index (χ1n) is 4.92. The number of rotatable bonds is 4. The van der Waals surface area contributed by atoms with E-state index in [0.29, 0.717) is 14.6 Å². The van der Waals surface area contributed by atoms with E-state index in [1.54, 1.807) is 12.1 Å². The van der Waals surface area contributed by atoms with Gasteiger partial charge in [-0.2, -0.15) is 0 Å². The van der Waals surface area contributed by atoms with Crippen LogP contribution in [0.25, 0.3) is 0 Å². The molecule has 0 radical (unpaired) electrons. The number of carbonyl (C=O) groups is 2. The first-order chi connectivity index (χ1) is 8.49. The zero-order chi connectivity index (χ0) is 13.7. The Morgan fingerprint density at radius 2 is 2.06 bits per heavy atom. The number of ether oxygens (including phenoxy) is 1. The van der Waals surface area contributed by atoms with Crippen molar-refractivity contribution in [2.45, 2.75) is 6.42 Å². The molecule has 18 heavy (non-hydrogen) atoms. The second kappa shape index (κ2) is 7.11. The minimum Gasteiger partial charge on any atom is -0.465 e. The summed E-state index contributed by atoms with van der Waals surface area (Å²) < 4.78 is 5.95. The van der Waals surface area contributed by atoms with Gasteiger partial charge in [0, 0.05) is 21.2 Å². The standard InChI is InChI=1S/C11H10Br2ClNO3/c1-18-11(17)7-4-6(12)5-8(13)10(7)15-9(16)2-3-14/h4-5H,2-3H2,1H3,(H,15,16). The quantitative estimate of drug-likeness (QED) is 0.622. The van der Waals surface area contributed by atoms with E-state index < -0.39 is 5.97 Å². The number of hydrogen-bond donors (Lipinski definition) is 1. The van der Waals surface area contributed by atoms with Gasteiger partial charge < -0.3 is 10.1 Å². The monoisotopic (exact) mass is 397 g/mol. The largest absolute Gasteiger partial charge is 0.465 e. The lowest BCUT2D eigenvalue weighted by Gasteiger charge is -2.12. The summed E-state index contributed by atoms with van der Waals surface area (Å²) in [4.78, 5) is 23.2. The Kier molecular flexibility index (Phi) is 6.11. The summed E-state index contributed by atoms with van der Waals surface area (Å²) in [6, 6.07) is 3.30. The normalized spacial score (nSPS) is 10.0. The molecule has 0 saturated carbocycles. The lowest BCUT2D eigenvalue weighted by molar-refractivity contribution is -0.115. The van der Waals surface area contributed by atoms with Crippen LogP contribution in [-0.2, 0) is 9.53 Å². The van der Waals surface area contributed by atoms with Crippen molar-refractivity contribution >= 4 is 61.0 Å². The lowest BCUT2D eigenvalue weighted by Crippen LogP contribution is -2.16. The molecule has 0 aliphatic carbocycles. The van der Waals surface area contributed by atoms with E-state index in [4.69, 9.17) is 11.6 Å². The fraction of sp³-hybridized carbons (Fsp3) is 0.273. The van der Waals surface area contributed by atoms with E-state index in [1.165, 1.54) is 7.11 Å². The van der Waals surface area contributed by atoms with Crippen LogP contribution in [0.15, 0.2) is 21.1 Å². The molecule has 1 N–H and O–H groups in total. The molecule has 0 saturated heterocycles. The van der Waals surface area contributed by atoms with Gasteiger partial charge in [-0.1, -0.05) is 15.9 Å². The van der Waals surface area contributed by atoms with Gasteiger partial charge in [-0.05, 0) is 28.1 Å². The molecule has 0 fully saturated rings. The Morgan fingerprint density at radius 1 is 1.39 bits per heavy atom. The van der Waals surface area contributed by atoms with E-state index in [1.807, 2.05) is 0 Å². The Balaban J connectivity index is 3.15. The first-order valence-corrected chi connectivity index (χ1v) is 7.04. The van der Waals surface area contributed by atoms with Crippen molar-refractivity contribution in [3.8, 4) is 0 Å². The van der Waals surface area contributed by atoms with E-state index >= 15 is 0 Å².